The minimum absolute atomic E-state index is 0.135. The number of H-pyrrole nitrogens is 1. The summed E-state index contributed by atoms with van der Waals surface area (Å²) in [7, 11) is 0. The molecule has 3 atom stereocenters. The highest BCUT2D eigenvalue weighted by molar-refractivity contribution is 6.01. The number of aliphatic carboxylic acids is 1. The third-order valence-corrected chi connectivity index (χ3v) is 6.15. The number of carbonyl (C=O) groups excluding carboxylic acids is 3. The van der Waals surface area contributed by atoms with Crippen LogP contribution in [0.1, 0.15) is 39.5 Å². The number of benzene rings is 2. The van der Waals surface area contributed by atoms with Crippen LogP contribution in [-0.4, -0.2) is 62.7 Å². The van der Waals surface area contributed by atoms with Gasteiger partial charge in [0.2, 0.25) is 11.8 Å². The lowest BCUT2D eigenvalue weighted by atomic mass is 9.94. The van der Waals surface area contributed by atoms with Crippen molar-refractivity contribution in [3.8, 4) is 5.75 Å². The van der Waals surface area contributed by atoms with Crippen molar-refractivity contribution in [3.05, 3.63) is 83.4 Å². The van der Waals surface area contributed by atoms with Crippen LogP contribution in [-0.2, 0) is 27.2 Å². The number of carboxylic acid groups (broad SMARTS) is 1. The number of ether oxygens (including phenoxy) is 1. The number of carboxylic acids is 1. The second-order valence-corrected chi connectivity index (χ2v) is 8.64. The van der Waals surface area contributed by atoms with Gasteiger partial charge in [-0.25, -0.2) is 9.78 Å². The lowest BCUT2D eigenvalue weighted by Crippen LogP contribution is -2.55. The first-order valence-electron chi connectivity index (χ1n) is 11.4. The Morgan fingerprint density at radius 3 is 2.64 bits per heavy atom. The van der Waals surface area contributed by atoms with Gasteiger partial charge in [0.05, 0.1) is 24.7 Å². The van der Waals surface area contributed by atoms with Crippen molar-refractivity contribution in [2.24, 2.45) is 5.73 Å². The van der Waals surface area contributed by atoms with Crippen molar-refractivity contribution in [2.45, 2.75) is 37.3 Å². The van der Waals surface area contributed by atoms with E-state index in [1.165, 1.54) is 12.5 Å². The van der Waals surface area contributed by atoms with Gasteiger partial charge in [-0.1, -0.05) is 30.3 Å². The highest BCUT2D eigenvalue weighted by atomic mass is 16.5. The molecule has 0 saturated carbocycles. The van der Waals surface area contributed by atoms with Crippen LogP contribution in [0.25, 0.3) is 0 Å². The number of hydrogen-bond donors (Lipinski definition) is 3. The van der Waals surface area contributed by atoms with Gasteiger partial charge in [0.1, 0.15) is 18.1 Å². The minimum atomic E-state index is -1.50. The molecule has 36 heavy (non-hydrogen) atoms. The molecule has 3 aromatic rings. The molecular weight excluding hydrogens is 464 g/mol. The predicted octanol–water partition coefficient (Wildman–Crippen LogP) is 1.71. The number of rotatable bonds is 10. The summed E-state index contributed by atoms with van der Waals surface area (Å²) in [5, 5.41) is 10.0. The Morgan fingerprint density at radius 1 is 1.19 bits per heavy atom. The third-order valence-electron chi connectivity index (χ3n) is 6.15. The smallest absolute Gasteiger partial charge is 0.327 e. The van der Waals surface area contributed by atoms with E-state index in [4.69, 9.17) is 10.5 Å². The number of imidazole rings is 1. The summed E-state index contributed by atoms with van der Waals surface area (Å²) < 4.78 is 5.64. The van der Waals surface area contributed by atoms with E-state index >= 15 is 0 Å². The van der Waals surface area contributed by atoms with Gasteiger partial charge >= 0.3 is 5.97 Å². The zero-order chi connectivity index (χ0) is 25.7. The Hall–Kier alpha value is -4.31. The highest BCUT2D eigenvalue weighted by Gasteiger charge is 2.39. The number of hydrogen-bond acceptors (Lipinski definition) is 7. The zero-order valence-electron chi connectivity index (χ0n) is 19.4. The predicted molar refractivity (Wildman–Crippen MR) is 128 cm³/mol. The maximum Gasteiger partial charge on any atom is 0.327 e. The number of nitrogens with zero attached hydrogens (tertiary/aromatic N) is 2. The maximum absolute atomic E-state index is 13.6. The van der Waals surface area contributed by atoms with Crippen LogP contribution >= 0.6 is 0 Å². The minimum Gasteiger partial charge on any atom is -0.493 e. The van der Waals surface area contributed by atoms with Gasteiger partial charge in [-0.3, -0.25) is 19.3 Å². The molecule has 10 heteroatoms. The van der Waals surface area contributed by atoms with E-state index in [0.717, 1.165) is 10.5 Å². The molecule has 0 saturated heterocycles. The Balaban J connectivity index is 1.62. The number of imide groups is 1. The van der Waals surface area contributed by atoms with Crippen LogP contribution < -0.4 is 10.5 Å². The topological polar surface area (TPSA) is 156 Å². The largest absolute Gasteiger partial charge is 0.493 e. The molecule has 3 unspecified atom stereocenters. The van der Waals surface area contributed by atoms with Gasteiger partial charge < -0.3 is 20.6 Å². The molecule has 4 rings (SSSR count). The van der Waals surface area contributed by atoms with Crippen molar-refractivity contribution in [1.29, 1.82) is 0 Å². The number of carbonyl (C=O) groups is 4. The molecule has 1 aromatic heterocycles. The second kappa shape index (κ2) is 11.0. The fourth-order valence-corrected chi connectivity index (χ4v) is 4.32. The molecule has 4 N–H and O–H groups in total. The molecule has 0 radical (unpaired) electrons. The summed E-state index contributed by atoms with van der Waals surface area (Å²) in [6.07, 6.45) is 3.36. The molecule has 0 aliphatic carbocycles. The van der Waals surface area contributed by atoms with Crippen molar-refractivity contribution >= 4 is 24.1 Å². The number of aromatic nitrogens is 2. The Labute approximate surface area is 207 Å². The molecule has 2 heterocycles. The molecular formula is C26H26N4O6. The first kappa shape index (κ1) is 24.8. The van der Waals surface area contributed by atoms with Gasteiger partial charge in [0.15, 0.2) is 0 Å². The Kier molecular flexibility index (Phi) is 7.55. The Morgan fingerprint density at radius 2 is 1.97 bits per heavy atom. The van der Waals surface area contributed by atoms with E-state index < -0.39 is 35.8 Å². The van der Waals surface area contributed by atoms with Gasteiger partial charge in [0, 0.05) is 36.1 Å². The molecule has 2 aromatic carbocycles. The summed E-state index contributed by atoms with van der Waals surface area (Å²) in [6.45, 7) is 0.165. The molecule has 186 valence electrons. The monoisotopic (exact) mass is 490 g/mol. The van der Waals surface area contributed by atoms with E-state index in [1.807, 2.05) is 6.07 Å². The molecule has 10 nitrogen and oxygen atoms in total. The van der Waals surface area contributed by atoms with Crippen molar-refractivity contribution in [3.63, 3.8) is 0 Å². The average Bonchev–Trinajstić information content (AvgIpc) is 3.53. The van der Waals surface area contributed by atoms with E-state index in [9.17, 15) is 24.3 Å². The molecule has 1 aliphatic heterocycles. The van der Waals surface area contributed by atoms with Crippen LogP contribution in [0, 0.1) is 0 Å². The lowest BCUT2D eigenvalue weighted by Gasteiger charge is -2.30. The first-order chi connectivity index (χ1) is 17.4. The van der Waals surface area contributed by atoms with Crippen molar-refractivity contribution in [1.82, 2.24) is 14.9 Å². The summed E-state index contributed by atoms with van der Waals surface area (Å²) >= 11 is 0. The lowest BCUT2D eigenvalue weighted by molar-refractivity contribution is -0.158. The van der Waals surface area contributed by atoms with Gasteiger partial charge in [-0.15, -0.1) is 0 Å². The quantitative estimate of drug-likeness (QED) is 0.363. The van der Waals surface area contributed by atoms with Crippen molar-refractivity contribution < 1.29 is 29.0 Å². The molecule has 0 bridgehead atoms. The standard InChI is InChI=1S/C26H26N4O6/c27-21(9-16-4-2-1-3-5-16)25(33)30(22(26(34)35)11-19-12-28-15-29-19)24(32)10-18-14-36-23-7-6-17(13-31)8-20(18)23/h1-8,12-13,15,18,21-22H,9-11,14,27H2,(H,28,29)(H,34,35). The van der Waals surface area contributed by atoms with Gasteiger partial charge in [-0.05, 0) is 30.2 Å². The maximum atomic E-state index is 13.6. The van der Waals surface area contributed by atoms with Crippen LogP contribution in [0.15, 0.2) is 61.1 Å². The van der Waals surface area contributed by atoms with Crippen LogP contribution in [0.5, 0.6) is 5.75 Å². The van der Waals surface area contributed by atoms with E-state index in [1.54, 1.807) is 42.5 Å². The van der Waals surface area contributed by atoms with Crippen molar-refractivity contribution in [2.75, 3.05) is 6.61 Å². The van der Waals surface area contributed by atoms with Gasteiger partial charge in [-0.2, -0.15) is 0 Å². The molecule has 2 amide bonds. The van der Waals surface area contributed by atoms with Gasteiger partial charge in [0.25, 0.3) is 0 Å². The summed E-state index contributed by atoms with van der Waals surface area (Å²) in [4.78, 5) is 58.1. The Bertz CT molecular complexity index is 1240. The number of nitrogens with two attached hydrogens (primary N) is 1. The summed E-state index contributed by atoms with van der Waals surface area (Å²) in [5.74, 6) is -2.73. The average molecular weight is 491 g/mol. The van der Waals surface area contributed by atoms with E-state index in [2.05, 4.69) is 9.97 Å². The van der Waals surface area contributed by atoms with E-state index in [0.29, 0.717) is 28.9 Å². The van der Waals surface area contributed by atoms with Crippen LogP contribution in [0.3, 0.4) is 0 Å². The summed E-state index contributed by atoms with van der Waals surface area (Å²) in [6, 6.07) is 11.3. The zero-order valence-corrected chi connectivity index (χ0v) is 19.4. The second-order valence-electron chi connectivity index (χ2n) is 8.64. The van der Waals surface area contributed by atoms with Crippen LogP contribution in [0.2, 0.25) is 0 Å². The number of aromatic amines is 1. The van der Waals surface area contributed by atoms with Crippen LogP contribution in [0.4, 0.5) is 0 Å². The molecule has 1 aliphatic rings. The fraction of sp³-hybridized carbons (Fsp3) is 0.269. The van der Waals surface area contributed by atoms with E-state index in [-0.39, 0.29) is 25.9 Å². The third kappa shape index (κ3) is 5.49. The number of nitrogens with one attached hydrogen (secondary N) is 1. The summed E-state index contributed by atoms with van der Waals surface area (Å²) in [5.41, 5.74) is 8.45. The molecule has 0 spiro atoms. The molecule has 0 fully saturated rings. The normalized spacial score (nSPS) is 15.9. The first-order valence-corrected chi connectivity index (χ1v) is 11.4. The fourth-order valence-electron chi connectivity index (χ4n) is 4.32. The number of fused-ring (bicyclic) bond motifs is 1. The highest BCUT2D eigenvalue weighted by Crippen LogP contribution is 2.37. The number of aldehydes is 1. The SMILES string of the molecule is NC(Cc1ccccc1)C(=O)N(C(=O)CC1COc2ccc(C=O)cc21)C(Cc1c[nH]cn1)C(=O)O. The number of amides is 2.